The van der Waals surface area contributed by atoms with Crippen LogP contribution < -0.4 is 5.73 Å². The molecule has 12 heavy (non-hydrogen) atoms. The molecule has 0 radical (unpaired) electrons. The molecule has 0 amide bonds. The van der Waals surface area contributed by atoms with Gasteiger partial charge in [-0.15, -0.1) is 0 Å². The van der Waals surface area contributed by atoms with Gasteiger partial charge in [0.15, 0.2) is 5.13 Å². The molecule has 0 aliphatic carbocycles. The van der Waals surface area contributed by atoms with E-state index < -0.39 is 0 Å². The molecule has 1 heterocycles. The number of anilines is 1. The average Bonchev–Trinajstić information content (AvgIpc) is 2.30. The van der Waals surface area contributed by atoms with Crippen molar-refractivity contribution in [2.24, 2.45) is 0 Å². The van der Waals surface area contributed by atoms with Crippen molar-refractivity contribution >= 4 is 28.4 Å². The van der Waals surface area contributed by atoms with E-state index in [-0.39, 0.29) is 0 Å². The van der Waals surface area contributed by atoms with Gasteiger partial charge in [-0.1, -0.05) is 11.3 Å². The van der Waals surface area contributed by atoms with Gasteiger partial charge in [-0.05, 0) is 6.92 Å². The highest BCUT2D eigenvalue weighted by Crippen LogP contribution is 2.20. The highest BCUT2D eigenvalue weighted by atomic mass is 32.1. The van der Waals surface area contributed by atoms with E-state index in [1.807, 2.05) is 6.92 Å². The Morgan fingerprint density at radius 1 is 1.75 bits per heavy atom. The highest BCUT2D eigenvalue weighted by molar-refractivity contribution is 7.17. The Balaban J connectivity index is 2.94. The van der Waals surface area contributed by atoms with Gasteiger partial charge < -0.3 is 16.6 Å². The Morgan fingerprint density at radius 3 is 2.83 bits per heavy atom. The van der Waals surface area contributed by atoms with Crippen molar-refractivity contribution in [2.75, 3.05) is 5.73 Å². The van der Waals surface area contributed by atoms with Crippen LogP contribution in [0.5, 0.6) is 0 Å². The summed E-state index contributed by atoms with van der Waals surface area (Å²) in [5.41, 5.74) is 6.66. The molecule has 0 aromatic carbocycles. The summed E-state index contributed by atoms with van der Waals surface area (Å²) in [6.45, 7) is 1.82. The fraction of sp³-hybridized carbons (Fsp3) is 0.286. The van der Waals surface area contributed by atoms with Crippen LogP contribution in [0.3, 0.4) is 0 Å². The molecule has 64 valence electrons. The second-order valence-corrected chi connectivity index (χ2v) is 3.38. The van der Waals surface area contributed by atoms with Crippen LogP contribution in [0, 0.1) is 17.7 Å². The lowest BCUT2D eigenvalue weighted by molar-refractivity contribution is 1.25. The van der Waals surface area contributed by atoms with Gasteiger partial charge in [0.25, 0.3) is 0 Å². The maximum atomic E-state index is 7.55. The third-order valence-corrected chi connectivity index (χ3v) is 2.44. The first kappa shape index (κ1) is 8.86. The first-order valence-corrected chi connectivity index (χ1v) is 4.26. The van der Waals surface area contributed by atoms with Gasteiger partial charge in [0.2, 0.25) is 0 Å². The minimum absolute atomic E-state index is 0.350. The molecule has 0 aliphatic rings. The number of hydrogen-bond donors (Lipinski definition) is 3. The predicted molar refractivity (Wildman–Crippen MR) is 51.5 cm³/mol. The standard InChI is InChI=1S/C7H10N4S/c1-4-6(5(9)2-3-8)12-7(10)11-4/h3,8-9H,2H2,1H3,(H2,10,11). The molecule has 0 bridgehead atoms. The summed E-state index contributed by atoms with van der Waals surface area (Å²) in [4.78, 5) is 4.78. The van der Waals surface area contributed by atoms with E-state index in [4.69, 9.17) is 16.6 Å². The lowest BCUT2D eigenvalue weighted by atomic mass is 10.2. The lowest BCUT2D eigenvalue weighted by Crippen LogP contribution is -1.98. The van der Waals surface area contributed by atoms with Gasteiger partial charge in [0, 0.05) is 12.6 Å². The number of nitrogen functional groups attached to an aromatic ring is 1. The third kappa shape index (κ3) is 1.68. The molecule has 1 rings (SSSR count). The number of nitrogens with zero attached hydrogens (tertiary/aromatic N) is 1. The van der Waals surface area contributed by atoms with Gasteiger partial charge in [0.05, 0.1) is 16.3 Å². The van der Waals surface area contributed by atoms with Crippen molar-refractivity contribution in [3.8, 4) is 0 Å². The molecular formula is C7H10N4S. The molecule has 4 N–H and O–H groups in total. The van der Waals surface area contributed by atoms with Crippen molar-refractivity contribution in [1.29, 1.82) is 10.8 Å². The van der Waals surface area contributed by atoms with E-state index >= 15 is 0 Å². The summed E-state index contributed by atoms with van der Waals surface area (Å²) >= 11 is 1.30. The first-order chi connectivity index (χ1) is 5.65. The SMILES string of the molecule is Cc1nc(N)sc1C(=N)CC=N. The molecule has 1 aromatic rings. The average molecular weight is 182 g/mol. The Bertz CT molecular complexity index is 315. The summed E-state index contributed by atoms with van der Waals surface area (Å²) < 4.78 is 0. The van der Waals surface area contributed by atoms with Crippen molar-refractivity contribution in [3.05, 3.63) is 10.6 Å². The van der Waals surface area contributed by atoms with Crippen LogP contribution in [0.1, 0.15) is 17.0 Å². The highest BCUT2D eigenvalue weighted by Gasteiger charge is 2.08. The summed E-state index contributed by atoms with van der Waals surface area (Å²) in [6.07, 6.45) is 1.56. The van der Waals surface area contributed by atoms with Crippen LogP contribution in [0.4, 0.5) is 5.13 Å². The van der Waals surface area contributed by atoms with E-state index in [9.17, 15) is 0 Å². The lowest BCUT2D eigenvalue weighted by Gasteiger charge is -1.94. The van der Waals surface area contributed by atoms with Crippen LogP contribution in [0.2, 0.25) is 0 Å². The maximum Gasteiger partial charge on any atom is 0.180 e. The van der Waals surface area contributed by atoms with Crippen molar-refractivity contribution in [2.45, 2.75) is 13.3 Å². The number of rotatable bonds is 3. The number of thiazole rings is 1. The van der Waals surface area contributed by atoms with Crippen LogP contribution in [0.15, 0.2) is 0 Å². The van der Waals surface area contributed by atoms with E-state index in [2.05, 4.69) is 4.98 Å². The van der Waals surface area contributed by atoms with Crippen molar-refractivity contribution < 1.29 is 0 Å². The first-order valence-electron chi connectivity index (χ1n) is 3.44. The minimum atomic E-state index is 0.350. The maximum absolute atomic E-state index is 7.55. The zero-order valence-electron chi connectivity index (χ0n) is 6.72. The molecule has 5 heteroatoms. The fourth-order valence-electron chi connectivity index (χ4n) is 0.892. The van der Waals surface area contributed by atoms with E-state index in [0.29, 0.717) is 17.3 Å². The Morgan fingerprint density at radius 2 is 2.42 bits per heavy atom. The molecule has 4 nitrogen and oxygen atoms in total. The largest absolute Gasteiger partial charge is 0.375 e. The molecule has 1 aromatic heterocycles. The predicted octanol–water partition coefficient (Wildman–Crippen LogP) is 1.44. The number of aryl methyl sites for hydroxylation is 1. The Kier molecular flexibility index (Phi) is 2.54. The van der Waals surface area contributed by atoms with Crippen LogP contribution in [-0.4, -0.2) is 16.9 Å². The third-order valence-electron chi connectivity index (χ3n) is 1.39. The van der Waals surface area contributed by atoms with Gasteiger partial charge in [-0.25, -0.2) is 4.98 Å². The second kappa shape index (κ2) is 3.44. The van der Waals surface area contributed by atoms with Gasteiger partial charge in [0.1, 0.15) is 0 Å². The molecular weight excluding hydrogens is 172 g/mol. The molecule has 0 atom stereocenters. The van der Waals surface area contributed by atoms with Crippen LogP contribution in [-0.2, 0) is 0 Å². The summed E-state index contributed by atoms with van der Waals surface area (Å²) in [6, 6.07) is 0. The summed E-state index contributed by atoms with van der Waals surface area (Å²) in [5, 5.41) is 14.9. The monoisotopic (exact) mass is 182 g/mol. The van der Waals surface area contributed by atoms with Crippen molar-refractivity contribution in [1.82, 2.24) is 4.98 Å². The zero-order chi connectivity index (χ0) is 9.14. The molecule has 0 unspecified atom stereocenters. The Labute approximate surface area is 74.5 Å². The molecule has 0 spiro atoms. The molecule has 0 saturated heterocycles. The number of hydrogen-bond acceptors (Lipinski definition) is 5. The van der Waals surface area contributed by atoms with Crippen molar-refractivity contribution in [3.63, 3.8) is 0 Å². The van der Waals surface area contributed by atoms with E-state index in [0.717, 1.165) is 10.6 Å². The smallest absolute Gasteiger partial charge is 0.180 e. The van der Waals surface area contributed by atoms with E-state index in [1.54, 1.807) is 0 Å². The van der Waals surface area contributed by atoms with Gasteiger partial charge in [-0.3, -0.25) is 0 Å². The van der Waals surface area contributed by atoms with Gasteiger partial charge >= 0.3 is 0 Å². The Hall–Kier alpha value is -1.23. The van der Waals surface area contributed by atoms with Crippen LogP contribution >= 0.6 is 11.3 Å². The molecule has 0 saturated carbocycles. The zero-order valence-corrected chi connectivity index (χ0v) is 7.53. The molecule has 0 fully saturated rings. The minimum Gasteiger partial charge on any atom is -0.375 e. The number of nitrogens with two attached hydrogens (primary N) is 1. The fourth-order valence-corrected chi connectivity index (χ4v) is 1.68. The van der Waals surface area contributed by atoms with Gasteiger partial charge in [-0.2, -0.15) is 0 Å². The number of aromatic nitrogens is 1. The topological polar surface area (TPSA) is 86.6 Å². The normalized spacial score (nSPS) is 9.75. The quantitative estimate of drug-likeness (QED) is 0.618. The van der Waals surface area contributed by atoms with E-state index in [1.165, 1.54) is 17.6 Å². The molecule has 0 aliphatic heterocycles. The summed E-state index contributed by atoms with van der Waals surface area (Å²) in [5.74, 6) is 0. The van der Waals surface area contributed by atoms with Crippen LogP contribution in [0.25, 0.3) is 0 Å². The summed E-state index contributed by atoms with van der Waals surface area (Å²) in [7, 11) is 0. The second-order valence-electron chi connectivity index (χ2n) is 2.35. The number of nitrogens with one attached hydrogen (secondary N) is 2.